The largest absolute Gasteiger partial charge is 0.497 e. The highest BCUT2D eigenvalue weighted by molar-refractivity contribution is 5.95. The number of amides is 3. The number of urea groups is 1. The van der Waals surface area contributed by atoms with E-state index in [1.807, 2.05) is 73.7 Å². The number of hydrogen-bond acceptors (Lipinski definition) is 4. The fraction of sp³-hybridized carbons (Fsp3) is 0.148. The van der Waals surface area contributed by atoms with Gasteiger partial charge in [0.2, 0.25) is 5.91 Å². The van der Waals surface area contributed by atoms with Gasteiger partial charge in [-0.3, -0.25) is 9.59 Å². The summed E-state index contributed by atoms with van der Waals surface area (Å²) in [6.07, 6.45) is 2.14. The number of likely N-dealkylation sites (N-methyl/N-ethyl adjacent to an activating group) is 1. The fourth-order valence-corrected chi connectivity index (χ4v) is 3.32. The molecule has 0 saturated heterocycles. The molecule has 0 heterocycles. The zero-order chi connectivity index (χ0) is 24.5. The molecule has 0 saturated carbocycles. The summed E-state index contributed by atoms with van der Waals surface area (Å²) in [5.41, 5.74) is 4.39. The van der Waals surface area contributed by atoms with Crippen LogP contribution < -0.4 is 15.4 Å². The second kappa shape index (κ2) is 11.5. The molecule has 3 rings (SSSR count). The number of nitrogens with one attached hydrogen (secondary N) is 2. The minimum atomic E-state index is -0.568. The van der Waals surface area contributed by atoms with Crippen molar-refractivity contribution in [3.05, 3.63) is 89.6 Å². The predicted octanol–water partition coefficient (Wildman–Crippen LogP) is 4.49. The highest BCUT2D eigenvalue weighted by atomic mass is 16.5. The first kappa shape index (κ1) is 24.3. The van der Waals surface area contributed by atoms with E-state index < -0.39 is 6.03 Å². The topological polar surface area (TPSA) is 87.7 Å². The lowest BCUT2D eigenvalue weighted by atomic mass is 10.0. The van der Waals surface area contributed by atoms with Crippen LogP contribution in [0.2, 0.25) is 0 Å². The van der Waals surface area contributed by atoms with Gasteiger partial charge < -0.3 is 20.3 Å². The van der Waals surface area contributed by atoms with Gasteiger partial charge in [0.05, 0.1) is 12.8 Å². The number of aryl methyl sites for hydroxylation is 1. The number of rotatable bonds is 8. The van der Waals surface area contributed by atoms with Crippen LogP contribution in [0.3, 0.4) is 0 Å². The molecular formula is C27H27N3O4. The molecule has 0 aliphatic carbocycles. The monoisotopic (exact) mass is 457 g/mol. The molecular weight excluding hydrogens is 430 g/mol. The second-order valence-electron chi connectivity index (χ2n) is 7.78. The zero-order valence-electron chi connectivity index (χ0n) is 19.4. The van der Waals surface area contributed by atoms with Crippen LogP contribution in [0.4, 0.5) is 10.5 Å². The minimum absolute atomic E-state index is 0.0822. The van der Waals surface area contributed by atoms with Crippen LogP contribution in [-0.2, 0) is 9.59 Å². The van der Waals surface area contributed by atoms with E-state index in [2.05, 4.69) is 10.6 Å². The molecule has 174 valence electrons. The summed E-state index contributed by atoms with van der Waals surface area (Å²) in [4.78, 5) is 37.6. The van der Waals surface area contributed by atoms with Crippen molar-refractivity contribution in [2.45, 2.75) is 6.92 Å². The zero-order valence-corrected chi connectivity index (χ0v) is 19.4. The van der Waals surface area contributed by atoms with Crippen LogP contribution in [0.25, 0.3) is 17.2 Å². The van der Waals surface area contributed by atoms with E-state index in [1.54, 1.807) is 19.3 Å². The van der Waals surface area contributed by atoms with Crippen molar-refractivity contribution >= 4 is 30.0 Å². The summed E-state index contributed by atoms with van der Waals surface area (Å²) < 4.78 is 5.28. The van der Waals surface area contributed by atoms with Crippen LogP contribution >= 0.6 is 0 Å². The SMILES string of the molecule is COc1cccc(-c2cccc(/C=C(/C=O)NC(=O)N(C)CC(=O)Nc3cccc(C)c3)c2)c1. The number of carbonyl (C=O) groups excluding carboxylic acids is 3. The number of carbonyl (C=O) groups is 3. The number of benzene rings is 3. The normalized spacial score (nSPS) is 10.9. The maximum absolute atomic E-state index is 12.5. The van der Waals surface area contributed by atoms with Gasteiger partial charge in [-0.25, -0.2) is 4.79 Å². The maximum Gasteiger partial charge on any atom is 0.322 e. The first-order chi connectivity index (χ1) is 16.4. The molecule has 0 radical (unpaired) electrons. The van der Waals surface area contributed by atoms with E-state index in [0.717, 1.165) is 28.0 Å². The average Bonchev–Trinajstić information content (AvgIpc) is 2.83. The Labute approximate surface area is 199 Å². The third-order valence-corrected chi connectivity index (χ3v) is 5.02. The van der Waals surface area contributed by atoms with Crippen molar-refractivity contribution in [1.82, 2.24) is 10.2 Å². The summed E-state index contributed by atoms with van der Waals surface area (Å²) >= 11 is 0. The van der Waals surface area contributed by atoms with Crippen LogP contribution in [0, 0.1) is 6.92 Å². The molecule has 0 aliphatic rings. The van der Waals surface area contributed by atoms with Crippen molar-refractivity contribution in [3.63, 3.8) is 0 Å². The lowest BCUT2D eigenvalue weighted by molar-refractivity contribution is -0.116. The van der Waals surface area contributed by atoms with E-state index in [4.69, 9.17) is 4.74 Å². The van der Waals surface area contributed by atoms with Crippen molar-refractivity contribution in [3.8, 4) is 16.9 Å². The number of aldehydes is 1. The molecule has 7 heteroatoms. The Kier molecular flexibility index (Phi) is 8.18. The van der Waals surface area contributed by atoms with Gasteiger partial charge in [0.25, 0.3) is 0 Å². The molecule has 2 N–H and O–H groups in total. The van der Waals surface area contributed by atoms with Crippen LogP contribution in [0.1, 0.15) is 11.1 Å². The van der Waals surface area contributed by atoms with Gasteiger partial charge >= 0.3 is 6.03 Å². The molecule has 0 spiro atoms. The van der Waals surface area contributed by atoms with Gasteiger partial charge in [-0.15, -0.1) is 0 Å². The molecule has 34 heavy (non-hydrogen) atoms. The fourth-order valence-electron chi connectivity index (χ4n) is 3.32. The van der Waals surface area contributed by atoms with Crippen molar-refractivity contribution in [1.29, 1.82) is 0 Å². The number of nitrogens with zero attached hydrogens (tertiary/aromatic N) is 1. The maximum atomic E-state index is 12.5. The van der Waals surface area contributed by atoms with Gasteiger partial charge in [0, 0.05) is 12.7 Å². The van der Waals surface area contributed by atoms with Crippen molar-refractivity contribution in [2.24, 2.45) is 0 Å². The first-order valence-electron chi connectivity index (χ1n) is 10.7. The molecule has 0 aromatic heterocycles. The summed E-state index contributed by atoms with van der Waals surface area (Å²) in [5.74, 6) is 0.402. The van der Waals surface area contributed by atoms with Crippen molar-refractivity contribution < 1.29 is 19.1 Å². The standard InChI is InChI=1S/C27H27N3O4/c1-19-7-4-11-23(13-19)28-26(32)17-30(2)27(33)29-24(18-31)15-20-8-5-9-21(14-20)22-10-6-12-25(16-22)34-3/h4-16,18H,17H2,1-3H3,(H,28,32)(H,29,33)/b24-15-. The Hall–Kier alpha value is -4.39. The summed E-state index contributed by atoms with van der Waals surface area (Å²) in [6.45, 7) is 1.76. The highest BCUT2D eigenvalue weighted by Gasteiger charge is 2.14. The Morgan fingerprint density at radius 2 is 1.68 bits per heavy atom. The third-order valence-electron chi connectivity index (χ3n) is 5.02. The third kappa shape index (κ3) is 6.80. The van der Waals surface area contributed by atoms with E-state index in [-0.39, 0.29) is 18.1 Å². The molecule has 0 fully saturated rings. The Morgan fingerprint density at radius 3 is 2.38 bits per heavy atom. The first-order valence-corrected chi connectivity index (χ1v) is 10.7. The lowest BCUT2D eigenvalue weighted by Crippen LogP contribution is -2.41. The van der Waals surface area contributed by atoms with E-state index in [1.165, 1.54) is 11.9 Å². The van der Waals surface area contributed by atoms with Crippen LogP contribution in [0.15, 0.2) is 78.5 Å². The minimum Gasteiger partial charge on any atom is -0.497 e. The van der Waals surface area contributed by atoms with Gasteiger partial charge in [0.1, 0.15) is 12.3 Å². The summed E-state index contributed by atoms with van der Waals surface area (Å²) in [7, 11) is 3.09. The molecule has 0 bridgehead atoms. The Bertz CT molecular complexity index is 1220. The molecule has 0 atom stereocenters. The number of methoxy groups -OCH3 is 1. The summed E-state index contributed by atoms with van der Waals surface area (Å²) in [6, 6.07) is 22.0. The molecule has 3 aromatic carbocycles. The Balaban J connectivity index is 1.65. The quantitative estimate of drug-likeness (QED) is 0.385. The molecule has 3 amide bonds. The average molecular weight is 458 g/mol. The molecule has 0 aliphatic heterocycles. The van der Waals surface area contributed by atoms with Gasteiger partial charge in [-0.05, 0) is 65.6 Å². The molecule has 0 unspecified atom stereocenters. The Morgan fingerprint density at radius 1 is 0.971 bits per heavy atom. The predicted molar refractivity (Wildman–Crippen MR) is 133 cm³/mol. The van der Waals surface area contributed by atoms with E-state index in [9.17, 15) is 14.4 Å². The molecule has 3 aromatic rings. The molecule has 7 nitrogen and oxygen atoms in total. The van der Waals surface area contributed by atoms with Crippen molar-refractivity contribution in [2.75, 3.05) is 26.0 Å². The lowest BCUT2D eigenvalue weighted by Gasteiger charge is -2.17. The van der Waals surface area contributed by atoms with E-state index >= 15 is 0 Å². The van der Waals surface area contributed by atoms with Crippen LogP contribution in [0.5, 0.6) is 5.75 Å². The van der Waals surface area contributed by atoms with Crippen LogP contribution in [-0.4, -0.2) is 43.8 Å². The smallest absolute Gasteiger partial charge is 0.322 e. The number of anilines is 1. The number of allylic oxidation sites excluding steroid dienone is 1. The van der Waals surface area contributed by atoms with Gasteiger partial charge in [-0.2, -0.15) is 0 Å². The number of ether oxygens (including phenoxy) is 1. The second-order valence-corrected chi connectivity index (χ2v) is 7.78. The van der Waals surface area contributed by atoms with Gasteiger partial charge in [-0.1, -0.05) is 42.5 Å². The summed E-state index contributed by atoms with van der Waals surface area (Å²) in [5, 5.41) is 5.30. The van der Waals surface area contributed by atoms with E-state index in [0.29, 0.717) is 12.0 Å². The number of hydrogen-bond donors (Lipinski definition) is 2. The highest BCUT2D eigenvalue weighted by Crippen LogP contribution is 2.25. The van der Waals surface area contributed by atoms with Gasteiger partial charge in [0.15, 0.2) is 6.29 Å².